The molecule has 0 bridgehead atoms. The second-order valence-electron chi connectivity index (χ2n) is 6.05. The van der Waals surface area contributed by atoms with Crippen LogP contribution < -0.4 is 10.2 Å². The maximum atomic E-state index is 4.61. The van der Waals surface area contributed by atoms with Crippen molar-refractivity contribution in [3.63, 3.8) is 0 Å². The first-order chi connectivity index (χ1) is 9.33. The lowest BCUT2D eigenvalue weighted by atomic mass is 10.0. The van der Waals surface area contributed by atoms with Crippen LogP contribution in [0, 0.1) is 5.92 Å². The molecule has 2 heterocycles. The summed E-state index contributed by atoms with van der Waals surface area (Å²) in [5, 5.41) is 3.46. The van der Waals surface area contributed by atoms with Crippen molar-refractivity contribution < 1.29 is 0 Å². The van der Waals surface area contributed by atoms with Gasteiger partial charge in [-0.15, -0.1) is 0 Å². The summed E-state index contributed by atoms with van der Waals surface area (Å²) in [6.45, 7) is 6.45. The Balaban J connectivity index is 1.70. The molecular formula is C15H24N4. The molecule has 4 heteroatoms. The second-order valence-corrected chi connectivity index (χ2v) is 6.05. The number of anilines is 1. The van der Waals surface area contributed by atoms with Gasteiger partial charge in [-0.25, -0.2) is 9.97 Å². The summed E-state index contributed by atoms with van der Waals surface area (Å²) in [5.74, 6) is 2.26. The molecule has 1 saturated carbocycles. The van der Waals surface area contributed by atoms with E-state index in [4.69, 9.17) is 0 Å². The van der Waals surface area contributed by atoms with Crippen LogP contribution in [0.4, 0.5) is 5.95 Å². The van der Waals surface area contributed by atoms with Crippen LogP contribution in [0.3, 0.4) is 0 Å². The number of hydrogen-bond donors (Lipinski definition) is 1. The lowest BCUT2D eigenvalue weighted by molar-refractivity contribution is 0.561. The minimum absolute atomic E-state index is 0.653. The molecule has 0 aromatic carbocycles. The molecule has 0 amide bonds. The molecule has 1 aliphatic carbocycles. The third-order valence-electron chi connectivity index (χ3n) is 4.35. The summed E-state index contributed by atoms with van der Waals surface area (Å²) >= 11 is 0. The quantitative estimate of drug-likeness (QED) is 0.885. The molecule has 2 aliphatic rings. The largest absolute Gasteiger partial charge is 0.339 e. The van der Waals surface area contributed by atoms with Gasteiger partial charge in [0.2, 0.25) is 5.95 Å². The van der Waals surface area contributed by atoms with Gasteiger partial charge in [-0.1, -0.05) is 19.8 Å². The molecule has 1 aromatic heterocycles. The van der Waals surface area contributed by atoms with E-state index >= 15 is 0 Å². The van der Waals surface area contributed by atoms with Crippen LogP contribution in [0.2, 0.25) is 0 Å². The molecule has 3 rings (SSSR count). The van der Waals surface area contributed by atoms with Gasteiger partial charge in [0.15, 0.2) is 0 Å². The van der Waals surface area contributed by atoms with Crippen molar-refractivity contribution in [3.05, 3.63) is 18.0 Å². The summed E-state index contributed by atoms with van der Waals surface area (Å²) in [6, 6.07) is 0. The standard InChI is InChI=1S/C15H24N4/c1-12-8-16-6-7-19(11-12)15-17-9-14(10-18-15)13-4-2-3-5-13/h9-10,12-13,16H,2-8,11H2,1H3. The predicted molar refractivity (Wildman–Crippen MR) is 77.5 cm³/mol. The van der Waals surface area contributed by atoms with E-state index in [0.717, 1.165) is 32.1 Å². The molecule has 2 fully saturated rings. The van der Waals surface area contributed by atoms with E-state index in [0.29, 0.717) is 11.8 Å². The second kappa shape index (κ2) is 5.87. The van der Waals surface area contributed by atoms with Gasteiger partial charge < -0.3 is 10.2 Å². The molecule has 0 spiro atoms. The summed E-state index contributed by atoms with van der Waals surface area (Å²) in [6.07, 6.45) is 9.47. The van der Waals surface area contributed by atoms with Gasteiger partial charge in [-0.2, -0.15) is 0 Å². The Kier molecular flexibility index (Phi) is 3.97. The lowest BCUT2D eigenvalue weighted by Crippen LogP contribution is -2.30. The zero-order chi connectivity index (χ0) is 13.1. The molecule has 104 valence electrons. The van der Waals surface area contributed by atoms with Crippen LogP contribution in [-0.4, -0.2) is 36.1 Å². The van der Waals surface area contributed by atoms with Gasteiger partial charge in [0, 0.05) is 32.0 Å². The third kappa shape index (κ3) is 3.06. The third-order valence-corrected chi connectivity index (χ3v) is 4.35. The number of rotatable bonds is 2. The smallest absolute Gasteiger partial charge is 0.225 e. The highest BCUT2D eigenvalue weighted by molar-refractivity contribution is 5.31. The Morgan fingerprint density at radius 3 is 2.68 bits per heavy atom. The zero-order valence-electron chi connectivity index (χ0n) is 11.8. The fourth-order valence-corrected chi connectivity index (χ4v) is 3.24. The Morgan fingerprint density at radius 1 is 1.21 bits per heavy atom. The van der Waals surface area contributed by atoms with E-state index in [1.165, 1.54) is 31.2 Å². The van der Waals surface area contributed by atoms with Gasteiger partial charge in [0.25, 0.3) is 0 Å². The van der Waals surface area contributed by atoms with Crippen molar-refractivity contribution in [2.45, 2.75) is 38.5 Å². The molecule has 1 aliphatic heterocycles. The Labute approximate surface area is 115 Å². The summed E-state index contributed by atoms with van der Waals surface area (Å²) < 4.78 is 0. The molecule has 1 unspecified atom stereocenters. The topological polar surface area (TPSA) is 41.0 Å². The predicted octanol–water partition coefficient (Wildman–Crippen LogP) is 2.18. The summed E-state index contributed by atoms with van der Waals surface area (Å²) in [7, 11) is 0. The minimum Gasteiger partial charge on any atom is -0.339 e. The highest BCUT2D eigenvalue weighted by atomic mass is 15.3. The van der Waals surface area contributed by atoms with Crippen molar-refractivity contribution in [1.82, 2.24) is 15.3 Å². The number of nitrogens with zero attached hydrogens (tertiary/aromatic N) is 3. The van der Waals surface area contributed by atoms with Gasteiger partial charge >= 0.3 is 0 Å². The summed E-state index contributed by atoms with van der Waals surface area (Å²) in [5.41, 5.74) is 1.34. The minimum atomic E-state index is 0.653. The highest BCUT2D eigenvalue weighted by Crippen LogP contribution is 2.33. The van der Waals surface area contributed by atoms with Crippen LogP contribution in [0.5, 0.6) is 0 Å². The maximum absolute atomic E-state index is 4.61. The lowest BCUT2D eigenvalue weighted by Gasteiger charge is -2.22. The Morgan fingerprint density at radius 2 is 1.95 bits per heavy atom. The van der Waals surface area contributed by atoms with Gasteiger partial charge in [0.05, 0.1) is 0 Å². The Hall–Kier alpha value is -1.16. The van der Waals surface area contributed by atoms with Gasteiger partial charge in [0.1, 0.15) is 0 Å². The molecule has 1 aromatic rings. The molecule has 0 radical (unpaired) electrons. The van der Waals surface area contributed by atoms with Crippen molar-refractivity contribution >= 4 is 5.95 Å². The van der Waals surface area contributed by atoms with Gasteiger partial charge in [-0.3, -0.25) is 0 Å². The number of aromatic nitrogens is 2. The van der Waals surface area contributed by atoms with Crippen molar-refractivity contribution in [3.8, 4) is 0 Å². The van der Waals surface area contributed by atoms with Crippen LogP contribution in [0.1, 0.15) is 44.1 Å². The van der Waals surface area contributed by atoms with E-state index in [2.05, 4.69) is 39.5 Å². The molecule has 4 nitrogen and oxygen atoms in total. The normalized spacial score (nSPS) is 25.5. The van der Waals surface area contributed by atoms with Crippen LogP contribution in [0.15, 0.2) is 12.4 Å². The van der Waals surface area contributed by atoms with E-state index in [-0.39, 0.29) is 0 Å². The summed E-state index contributed by atoms with van der Waals surface area (Å²) in [4.78, 5) is 11.5. The van der Waals surface area contributed by atoms with Crippen molar-refractivity contribution in [2.75, 3.05) is 31.1 Å². The average Bonchev–Trinajstić information content (AvgIpc) is 2.88. The molecule has 1 saturated heterocycles. The molecule has 19 heavy (non-hydrogen) atoms. The van der Waals surface area contributed by atoms with Crippen LogP contribution in [-0.2, 0) is 0 Å². The van der Waals surface area contributed by atoms with E-state index in [1.54, 1.807) is 0 Å². The monoisotopic (exact) mass is 260 g/mol. The van der Waals surface area contributed by atoms with Crippen molar-refractivity contribution in [2.24, 2.45) is 5.92 Å². The first-order valence-electron chi connectivity index (χ1n) is 7.60. The average molecular weight is 260 g/mol. The number of nitrogens with one attached hydrogen (secondary N) is 1. The van der Waals surface area contributed by atoms with E-state index < -0.39 is 0 Å². The maximum Gasteiger partial charge on any atom is 0.225 e. The fraction of sp³-hybridized carbons (Fsp3) is 0.733. The van der Waals surface area contributed by atoms with E-state index in [1.807, 2.05) is 0 Å². The van der Waals surface area contributed by atoms with Gasteiger partial charge in [-0.05, 0) is 36.8 Å². The number of hydrogen-bond acceptors (Lipinski definition) is 4. The molecular weight excluding hydrogens is 236 g/mol. The molecule has 1 N–H and O–H groups in total. The highest BCUT2D eigenvalue weighted by Gasteiger charge is 2.20. The zero-order valence-corrected chi connectivity index (χ0v) is 11.8. The first kappa shape index (κ1) is 12.9. The van der Waals surface area contributed by atoms with Crippen LogP contribution in [0.25, 0.3) is 0 Å². The first-order valence-corrected chi connectivity index (χ1v) is 7.60. The van der Waals surface area contributed by atoms with Crippen molar-refractivity contribution in [1.29, 1.82) is 0 Å². The fourth-order valence-electron chi connectivity index (χ4n) is 3.24. The SMILES string of the molecule is CC1CNCCN(c2ncc(C3CCCC3)cn2)C1. The Bertz CT molecular complexity index is 397. The van der Waals surface area contributed by atoms with E-state index in [9.17, 15) is 0 Å². The molecule has 1 atom stereocenters. The van der Waals surface area contributed by atoms with Crippen LogP contribution >= 0.6 is 0 Å².